The van der Waals surface area contributed by atoms with Crippen LogP contribution < -0.4 is 0 Å². The highest BCUT2D eigenvalue weighted by molar-refractivity contribution is 6.24. The Kier molecular flexibility index (Phi) is 5.64. The molecule has 0 unspecified atom stereocenters. The molecule has 10 aromatic rings. The number of nitriles is 2. The first kappa shape index (κ1) is 27.1. The molecule has 5 nitrogen and oxygen atoms in total. The van der Waals surface area contributed by atoms with Crippen molar-refractivity contribution in [3.8, 4) is 34.6 Å². The van der Waals surface area contributed by atoms with Crippen molar-refractivity contribution >= 4 is 65.6 Å². The minimum absolute atomic E-state index is 0.340. The van der Waals surface area contributed by atoms with Gasteiger partial charge in [0.25, 0.3) is 0 Å². The van der Waals surface area contributed by atoms with Gasteiger partial charge in [0.05, 0.1) is 50.0 Å². The van der Waals surface area contributed by atoms with E-state index in [0.717, 1.165) is 76.8 Å². The molecule has 3 aromatic heterocycles. The van der Waals surface area contributed by atoms with Gasteiger partial charge in [-0.2, -0.15) is 10.5 Å². The summed E-state index contributed by atoms with van der Waals surface area (Å²) >= 11 is 0. The van der Waals surface area contributed by atoms with Crippen molar-refractivity contribution in [3.05, 3.63) is 157 Å². The normalized spacial score (nSPS) is 11.6. The lowest BCUT2D eigenvalue weighted by molar-refractivity contribution is 0.669. The number of aromatic nitrogens is 2. The van der Waals surface area contributed by atoms with Crippen molar-refractivity contribution in [1.82, 2.24) is 9.13 Å². The lowest BCUT2D eigenvalue weighted by atomic mass is 9.93. The molecule has 3 heterocycles. The summed E-state index contributed by atoms with van der Waals surface area (Å²) in [5.74, 6) is 0. The quantitative estimate of drug-likeness (QED) is 0.196. The average molecular weight is 625 g/mol. The van der Waals surface area contributed by atoms with Gasteiger partial charge in [0.15, 0.2) is 0 Å². The molecule has 0 saturated heterocycles. The summed E-state index contributed by atoms with van der Waals surface area (Å²) in [7, 11) is 0. The Labute approximate surface area is 280 Å². The number of fused-ring (bicyclic) bond motifs is 10. The van der Waals surface area contributed by atoms with Gasteiger partial charge < -0.3 is 13.6 Å². The molecule has 226 valence electrons. The molecule has 0 fully saturated rings. The monoisotopic (exact) mass is 624 g/mol. The van der Waals surface area contributed by atoms with Crippen molar-refractivity contribution in [3.63, 3.8) is 0 Å². The van der Waals surface area contributed by atoms with Crippen molar-refractivity contribution in [2.75, 3.05) is 0 Å². The smallest absolute Gasteiger partial charge is 0.137 e. The van der Waals surface area contributed by atoms with Gasteiger partial charge in [0.1, 0.15) is 23.3 Å². The standard InChI is InChI=1S/C44H24N4O/c45-25-34-27(21-23-40(35(34)26-46)47-36-16-6-2-12-29(36)30-13-3-7-17-37(30)47)28-11-1-8-18-38(28)48-39-19-9-4-14-31(39)32-22-24-42-43(44(32)48)33-15-5-10-20-41(33)49-42/h1-24H. The maximum Gasteiger partial charge on any atom is 0.137 e. The van der Waals surface area contributed by atoms with E-state index in [1.165, 1.54) is 0 Å². The van der Waals surface area contributed by atoms with Gasteiger partial charge in [-0.05, 0) is 48.5 Å². The second kappa shape index (κ2) is 10.2. The predicted molar refractivity (Wildman–Crippen MR) is 197 cm³/mol. The van der Waals surface area contributed by atoms with Crippen LogP contribution in [0.1, 0.15) is 11.1 Å². The van der Waals surface area contributed by atoms with Crippen molar-refractivity contribution in [1.29, 1.82) is 10.5 Å². The minimum Gasteiger partial charge on any atom is -0.456 e. The van der Waals surface area contributed by atoms with Crippen molar-refractivity contribution < 1.29 is 4.42 Å². The molecule has 0 amide bonds. The third-order valence-electron chi connectivity index (χ3n) is 9.84. The molecule has 5 heteroatoms. The SMILES string of the molecule is N#Cc1c(-c2ccccc2-n2c3ccccc3c3ccc4oc5ccccc5c4c32)ccc(-n2c3ccccc3c3ccccc32)c1C#N. The molecule has 0 saturated carbocycles. The van der Waals surface area contributed by atoms with E-state index in [1.54, 1.807) is 0 Å². The Balaban J connectivity index is 1.29. The number of rotatable bonds is 3. The number of nitrogens with zero attached hydrogens (tertiary/aromatic N) is 4. The highest BCUT2D eigenvalue weighted by Crippen LogP contribution is 2.43. The average Bonchev–Trinajstić information content (AvgIpc) is 3.82. The molecule has 0 atom stereocenters. The summed E-state index contributed by atoms with van der Waals surface area (Å²) in [5, 5.41) is 28.1. The molecule has 10 rings (SSSR count). The van der Waals surface area contributed by atoms with Gasteiger partial charge in [-0.1, -0.05) is 97.1 Å². The van der Waals surface area contributed by atoms with Crippen LogP contribution in [-0.2, 0) is 0 Å². The summed E-state index contributed by atoms with van der Waals surface area (Å²) in [6.45, 7) is 0. The van der Waals surface area contributed by atoms with E-state index >= 15 is 0 Å². The zero-order valence-corrected chi connectivity index (χ0v) is 26.1. The topological polar surface area (TPSA) is 70.6 Å². The maximum atomic E-state index is 10.8. The Bertz CT molecular complexity index is 3030. The van der Waals surface area contributed by atoms with Crippen molar-refractivity contribution in [2.24, 2.45) is 0 Å². The molecule has 0 N–H and O–H groups in total. The van der Waals surface area contributed by atoms with Gasteiger partial charge in [0.2, 0.25) is 0 Å². The Morgan fingerprint density at radius 3 is 1.67 bits per heavy atom. The Hall–Kier alpha value is -7.08. The van der Waals surface area contributed by atoms with E-state index in [9.17, 15) is 10.5 Å². The molecule has 0 aliphatic heterocycles. The second-order valence-corrected chi connectivity index (χ2v) is 12.3. The van der Waals surface area contributed by atoms with E-state index in [-0.39, 0.29) is 0 Å². The maximum absolute atomic E-state index is 10.8. The zero-order chi connectivity index (χ0) is 32.6. The van der Waals surface area contributed by atoms with E-state index in [4.69, 9.17) is 4.42 Å². The third kappa shape index (κ3) is 3.67. The lowest BCUT2D eigenvalue weighted by Crippen LogP contribution is -2.03. The third-order valence-corrected chi connectivity index (χ3v) is 9.84. The molecule has 0 aliphatic carbocycles. The Morgan fingerprint density at radius 1 is 0.408 bits per heavy atom. The number of furan rings is 1. The molecular weight excluding hydrogens is 601 g/mol. The van der Waals surface area contributed by atoms with Gasteiger partial charge >= 0.3 is 0 Å². The van der Waals surface area contributed by atoms with Crippen LogP contribution >= 0.6 is 0 Å². The minimum atomic E-state index is 0.340. The highest BCUT2D eigenvalue weighted by atomic mass is 16.3. The van der Waals surface area contributed by atoms with E-state index in [2.05, 4.69) is 94.1 Å². The Morgan fingerprint density at radius 2 is 0.980 bits per heavy atom. The van der Waals surface area contributed by atoms with Gasteiger partial charge in [-0.25, -0.2) is 0 Å². The summed E-state index contributed by atoms with van der Waals surface area (Å²) in [4.78, 5) is 0. The van der Waals surface area contributed by atoms with E-state index in [0.29, 0.717) is 22.4 Å². The molecule has 0 radical (unpaired) electrons. The number of hydrogen-bond acceptors (Lipinski definition) is 3. The summed E-state index contributed by atoms with van der Waals surface area (Å²) in [6, 6.07) is 54.1. The van der Waals surface area contributed by atoms with E-state index in [1.807, 2.05) is 72.8 Å². The first-order valence-electron chi connectivity index (χ1n) is 16.2. The van der Waals surface area contributed by atoms with Crippen LogP contribution in [0.5, 0.6) is 0 Å². The van der Waals surface area contributed by atoms with Crippen LogP contribution in [0.25, 0.3) is 88.1 Å². The number of para-hydroxylation sites is 5. The van der Waals surface area contributed by atoms with Crippen LogP contribution in [0, 0.1) is 22.7 Å². The van der Waals surface area contributed by atoms with Gasteiger partial charge in [-0.15, -0.1) is 0 Å². The van der Waals surface area contributed by atoms with Gasteiger partial charge in [-0.3, -0.25) is 0 Å². The fourth-order valence-electron chi connectivity index (χ4n) is 7.83. The zero-order valence-electron chi connectivity index (χ0n) is 26.1. The summed E-state index contributed by atoms with van der Waals surface area (Å²) < 4.78 is 10.7. The van der Waals surface area contributed by atoms with Crippen LogP contribution in [0.2, 0.25) is 0 Å². The molecule has 7 aromatic carbocycles. The fourth-order valence-corrected chi connectivity index (χ4v) is 7.83. The van der Waals surface area contributed by atoms with Crippen LogP contribution in [0.3, 0.4) is 0 Å². The largest absolute Gasteiger partial charge is 0.456 e. The van der Waals surface area contributed by atoms with E-state index < -0.39 is 0 Å². The van der Waals surface area contributed by atoms with Crippen LogP contribution in [-0.4, -0.2) is 9.13 Å². The number of hydrogen-bond donors (Lipinski definition) is 0. The summed E-state index contributed by atoms with van der Waals surface area (Å²) in [5.41, 5.74) is 9.54. The lowest BCUT2D eigenvalue weighted by Gasteiger charge is -2.17. The predicted octanol–water partition coefficient (Wildman–Crippen LogP) is 11.2. The molecule has 49 heavy (non-hydrogen) atoms. The molecular formula is C44H24N4O. The fraction of sp³-hybridized carbons (Fsp3) is 0. The van der Waals surface area contributed by atoms with Crippen LogP contribution in [0.4, 0.5) is 0 Å². The second-order valence-electron chi connectivity index (χ2n) is 12.3. The first-order chi connectivity index (χ1) is 24.3. The number of benzene rings is 7. The summed E-state index contributed by atoms with van der Waals surface area (Å²) in [6.07, 6.45) is 0. The highest BCUT2D eigenvalue weighted by Gasteiger charge is 2.24. The molecule has 0 spiro atoms. The molecule has 0 bridgehead atoms. The first-order valence-corrected chi connectivity index (χ1v) is 16.2. The van der Waals surface area contributed by atoms with Crippen LogP contribution in [0.15, 0.2) is 150 Å². The van der Waals surface area contributed by atoms with Crippen molar-refractivity contribution in [2.45, 2.75) is 0 Å². The molecule has 0 aliphatic rings. The van der Waals surface area contributed by atoms with Gasteiger partial charge in [0, 0.05) is 38.1 Å².